The maximum absolute atomic E-state index is 12.8. The van der Waals surface area contributed by atoms with Crippen molar-refractivity contribution in [2.75, 3.05) is 26.3 Å². The van der Waals surface area contributed by atoms with Gasteiger partial charge in [0.2, 0.25) is 5.91 Å². The average Bonchev–Trinajstić information content (AvgIpc) is 2.61. The molecule has 0 aliphatic carbocycles. The number of carbonyl (C=O) groups is 1. The van der Waals surface area contributed by atoms with E-state index >= 15 is 0 Å². The van der Waals surface area contributed by atoms with Gasteiger partial charge in [0, 0.05) is 19.8 Å². The summed E-state index contributed by atoms with van der Waals surface area (Å²) in [5.41, 5.74) is 7.37. The van der Waals surface area contributed by atoms with Crippen molar-refractivity contribution in [2.24, 2.45) is 11.7 Å². The fourth-order valence-electron chi connectivity index (χ4n) is 3.47. The molecule has 2 fully saturated rings. The van der Waals surface area contributed by atoms with E-state index in [4.69, 9.17) is 15.2 Å². The van der Waals surface area contributed by atoms with Crippen molar-refractivity contribution in [1.82, 2.24) is 4.90 Å². The summed E-state index contributed by atoms with van der Waals surface area (Å²) in [5.74, 6) is 0.276. The van der Waals surface area contributed by atoms with Crippen LogP contribution in [0.25, 0.3) is 0 Å². The Morgan fingerprint density at radius 1 is 1.21 bits per heavy atom. The summed E-state index contributed by atoms with van der Waals surface area (Å²) in [6, 6.07) is 9.64. The predicted octanol–water partition coefficient (Wildman–Crippen LogP) is 2.15. The van der Waals surface area contributed by atoms with Gasteiger partial charge in [-0.3, -0.25) is 4.79 Å². The van der Waals surface area contributed by atoms with Crippen molar-refractivity contribution in [1.29, 1.82) is 0 Å². The fraction of sp³-hybridized carbons (Fsp3) is 0.611. The van der Waals surface area contributed by atoms with Gasteiger partial charge in [0.1, 0.15) is 6.10 Å². The van der Waals surface area contributed by atoms with Gasteiger partial charge in [-0.1, -0.05) is 30.3 Å². The summed E-state index contributed by atoms with van der Waals surface area (Å²) in [7, 11) is 0. The number of halogens is 1. The lowest BCUT2D eigenvalue weighted by molar-refractivity contribution is -0.148. The monoisotopic (exact) mass is 354 g/mol. The molecule has 0 bridgehead atoms. The first-order valence-corrected chi connectivity index (χ1v) is 8.47. The maximum atomic E-state index is 12.8. The largest absolute Gasteiger partial charge is 0.381 e. The van der Waals surface area contributed by atoms with E-state index in [0.717, 1.165) is 18.4 Å². The minimum atomic E-state index is -0.430. The molecule has 134 valence electrons. The highest BCUT2D eigenvalue weighted by atomic mass is 35.5. The van der Waals surface area contributed by atoms with Gasteiger partial charge in [0.05, 0.1) is 18.7 Å². The van der Waals surface area contributed by atoms with Crippen LogP contribution >= 0.6 is 12.4 Å². The highest BCUT2D eigenvalue weighted by Crippen LogP contribution is 2.27. The number of benzene rings is 1. The van der Waals surface area contributed by atoms with Crippen LogP contribution in [0, 0.1) is 5.92 Å². The van der Waals surface area contributed by atoms with Gasteiger partial charge in [-0.05, 0) is 31.2 Å². The van der Waals surface area contributed by atoms with E-state index in [9.17, 15) is 4.79 Å². The Morgan fingerprint density at radius 3 is 2.54 bits per heavy atom. The molecule has 1 aromatic rings. The molecule has 0 radical (unpaired) electrons. The van der Waals surface area contributed by atoms with Crippen LogP contribution in [0.2, 0.25) is 0 Å². The summed E-state index contributed by atoms with van der Waals surface area (Å²) in [4.78, 5) is 14.7. The number of hydrogen-bond acceptors (Lipinski definition) is 4. The van der Waals surface area contributed by atoms with Crippen LogP contribution in [-0.2, 0) is 14.3 Å². The van der Waals surface area contributed by atoms with Crippen molar-refractivity contribution < 1.29 is 14.3 Å². The predicted molar refractivity (Wildman–Crippen MR) is 95.1 cm³/mol. The van der Waals surface area contributed by atoms with Gasteiger partial charge in [-0.2, -0.15) is 0 Å². The number of ether oxygens (including phenoxy) is 2. The molecule has 3 rings (SSSR count). The van der Waals surface area contributed by atoms with E-state index in [1.807, 2.05) is 42.2 Å². The Kier molecular flexibility index (Phi) is 7.04. The van der Waals surface area contributed by atoms with Crippen molar-refractivity contribution in [3.63, 3.8) is 0 Å². The lowest BCUT2D eigenvalue weighted by Gasteiger charge is -2.39. The lowest BCUT2D eigenvalue weighted by atomic mass is 9.91. The first-order chi connectivity index (χ1) is 11.1. The van der Waals surface area contributed by atoms with Gasteiger partial charge in [-0.25, -0.2) is 0 Å². The quantitative estimate of drug-likeness (QED) is 0.903. The molecule has 3 unspecified atom stereocenters. The molecule has 1 aromatic carbocycles. The van der Waals surface area contributed by atoms with Crippen LogP contribution in [0.5, 0.6) is 0 Å². The number of hydrogen-bond donors (Lipinski definition) is 1. The second-order valence-corrected chi connectivity index (χ2v) is 6.56. The molecule has 0 aromatic heterocycles. The first-order valence-electron chi connectivity index (χ1n) is 8.47. The number of amides is 1. The first kappa shape index (κ1) is 19.2. The molecule has 3 atom stereocenters. The lowest BCUT2D eigenvalue weighted by Crippen LogP contribution is -2.54. The molecular formula is C18H27ClN2O3. The minimum Gasteiger partial charge on any atom is -0.381 e. The van der Waals surface area contributed by atoms with E-state index in [-0.39, 0.29) is 36.4 Å². The summed E-state index contributed by atoms with van der Waals surface area (Å²) in [6.07, 6.45) is 1.68. The number of nitrogens with zero attached hydrogens (tertiary/aromatic N) is 1. The second-order valence-electron chi connectivity index (χ2n) is 6.56. The zero-order chi connectivity index (χ0) is 16.2. The summed E-state index contributed by atoms with van der Waals surface area (Å²) in [5, 5.41) is 0. The fourth-order valence-corrected chi connectivity index (χ4v) is 3.47. The minimum absolute atomic E-state index is 0. The molecule has 24 heavy (non-hydrogen) atoms. The molecule has 6 heteroatoms. The van der Waals surface area contributed by atoms with Gasteiger partial charge < -0.3 is 20.1 Å². The van der Waals surface area contributed by atoms with Gasteiger partial charge in [-0.15, -0.1) is 12.4 Å². The third-order valence-electron chi connectivity index (χ3n) is 4.80. The molecule has 0 saturated carbocycles. The molecule has 2 N–H and O–H groups in total. The van der Waals surface area contributed by atoms with E-state index in [1.54, 1.807) is 0 Å². The SMILES string of the molecule is CC1CN(C(=O)C(N)C2CCOCC2)CC(c2ccccc2)O1.Cl. The highest BCUT2D eigenvalue weighted by Gasteiger charge is 2.34. The molecule has 2 aliphatic rings. The van der Waals surface area contributed by atoms with E-state index in [0.29, 0.717) is 26.3 Å². The molecule has 2 aliphatic heterocycles. The Balaban J connectivity index is 0.00000208. The van der Waals surface area contributed by atoms with E-state index < -0.39 is 6.04 Å². The van der Waals surface area contributed by atoms with Crippen LogP contribution in [0.3, 0.4) is 0 Å². The van der Waals surface area contributed by atoms with Crippen molar-refractivity contribution in [3.8, 4) is 0 Å². The Bertz CT molecular complexity index is 522. The maximum Gasteiger partial charge on any atom is 0.239 e. The highest BCUT2D eigenvalue weighted by molar-refractivity contribution is 5.85. The Morgan fingerprint density at radius 2 is 1.88 bits per heavy atom. The number of morpholine rings is 1. The van der Waals surface area contributed by atoms with Crippen molar-refractivity contribution in [2.45, 2.75) is 38.0 Å². The van der Waals surface area contributed by atoms with Crippen LogP contribution in [0.1, 0.15) is 31.4 Å². The standard InChI is InChI=1S/C18H26N2O3.ClH/c1-13-11-20(12-16(23-13)14-5-3-2-4-6-14)18(21)17(19)15-7-9-22-10-8-15;/h2-6,13,15-17H,7-12,19H2,1H3;1H. The third-order valence-corrected chi connectivity index (χ3v) is 4.80. The van der Waals surface area contributed by atoms with Crippen LogP contribution in [0.15, 0.2) is 30.3 Å². The number of rotatable bonds is 3. The summed E-state index contributed by atoms with van der Waals surface area (Å²) < 4.78 is 11.4. The summed E-state index contributed by atoms with van der Waals surface area (Å²) >= 11 is 0. The van der Waals surface area contributed by atoms with E-state index in [2.05, 4.69) is 0 Å². The smallest absolute Gasteiger partial charge is 0.239 e. The average molecular weight is 355 g/mol. The molecule has 5 nitrogen and oxygen atoms in total. The van der Waals surface area contributed by atoms with E-state index in [1.165, 1.54) is 0 Å². The molecule has 0 spiro atoms. The zero-order valence-electron chi connectivity index (χ0n) is 14.1. The molecular weight excluding hydrogens is 328 g/mol. The summed E-state index contributed by atoms with van der Waals surface area (Å²) in [6.45, 7) is 4.61. The van der Waals surface area contributed by atoms with Crippen molar-refractivity contribution in [3.05, 3.63) is 35.9 Å². The van der Waals surface area contributed by atoms with Crippen LogP contribution in [0.4, 0.5) is 0 Å². The Labute approximate surface area is 149 Å². The number of nitrogens with two attached hydrogens (primary N) is 1. The van der Waals surface area contributed by atoms with Gasteiger partial charge in [0.25, 0.3) is 0 Å². The second kappa shape index (κ2) is 8.81. The molecule has 2 heterocycles. The van der Waals surface area contributed by atoms with Gasteiger partial charge >= 0.3 is 0 Å². The van der Waals surface area contributed by atoms with Crippen molar-refractivity contribution >= 4 is 18.3 Å². The molecule has 1 amide bonds. The third kappa shape index (κ3) is 4.48. The Hall–Kier alpha value is -1.14. The van der Waals surface area contributed by atoms with Crippen LogP contribution < -0.4 is 5.73 Å². The van der Waals surface area contributed by atoms with Crippen LogP contribution in [-0.4, -0.2) is 49.3 Å². The molecule has 2 saturated heterocycles. The van der Waals surface area contributed by atoms with Gasteiger partial charge in [0.15, 0.2) is 0 Å². The zero-order valence-corrected chi connectivity index (χ0v) is 14.9. The normalized spacial score (nSPS) is 26.5. The number of carbonyl (C=O) groups excluding carboxylic acids is 1. The topological polar surface area (TPSA) is 64.8 Å².